The van der Waals surface area contributed by atoms with Crippen LogP contribution in [0, 0.1) is 3.57 Å². The maximum absolute atomic E-state index is 13.2. The lowest BCUT2D eigenvalue weighted by molar-refractivity contribution is 0.0962. The molecule has 13 heteroatoms. The Kier molecular flexibility index (Phi) is 12.0. The van der Waals surface area contributed by atoms with E-state index in [1.54, 1.807) is 57.4 Å². The first-order valence-electron chi connectivity index (χ1n) is 15.4. The summed E-state index contributed by atoms with van der Waals surface area (Å²) in [6, 6.07) is 10.6. The maximum Gasteiger partial charge on any atom is 0.251 e. The van der Waals surface area contributed by atoms with E-state index in [9.17, 15) is 18.3 Å². The molecule has 1 aliphatic rings. The highest BCUT2D eigenvalue weighted by Gasteiger charge is 2.25. The average molecular weight is 763 g/mol. The van der Waals surface area contributed by atoms with Gasteiger partial charge in [0, 0.05) is 30.9 Å². The molecular weight excluding hydrogens is 719 g/mol. The molecule has 3 aromatic rings. The zero-order valence-electron chi connectivity index (χ0n) is 27.0. The van der Waals surface area contributed by atoms with Gasteiger partial charge in [0.2, 0.25) is 5.95 Å². The largest absolute Gasteiger partial charge is 0.489 e. The van der Waals surface area contributed by atoms with Gasteiger partial charge < -0.3 is 31.1 Å². The number of allylic oxidation sites excluding steroid dienone is 1. The first kappa shape index (κ1) is 35.6. The van der Waals surface area contributed by atoms with Gasteiger partial charge in [-0.3, -0.25) is 4.79 Å². The quantitative estimate of drug-likeness (QED) is 0.135. The number of nitrogens with zero attached hydrogens (tertiary/aromatic N) is 2. The fourth-order valence-corrected chi connectivity index (χ4v) is 6.73. The van der Waals surface area contributed by atoms with Gasteiger partial charge in [-0.2, -0.15) is 4.98 Å². The van der Waals surface area contributed by atoms with Crippen molar-refractivity contribution >= 4 is 67.0 Å². The number of rotatable bonds is 13. The van der Waals surface area contributed by atoms with Gasteiger partial charge in [-0.15, -0.1) is 0 Å². The Morgan fingerprint density at radius 2 is 1.85 bits per heavy atom. The molecule has 0 saturated carbocycles. The predicted molar refractivity (Wildman–Crippen MR) is 191 cm³/mol. The molecule has 11 nitrogen and oxygen atoms in total. The summed E-state index contributed by atoms with van der Waals surface area (Å²) >= 11 is 2.10. The van der Waals surface area contributed by atoms with Crippen LogP contribution in [-0.4, -0.2) is 66.5 Å². The van der Waals surface area contributed by atoms with Gasteiger partial charge in [-0.1, -0.05) is 18.2 Å². The number of aliphatic hydroxyl groups is 1. The van der Waals surface area contributed by atoms with Crippen molar-refractivity contribution < 1.29 is 23.1 Å². The Balaban J connectivity index is 1.71. The second-order valence-electron chi connectivity index (χ2n) is 11.8. The fourth-order valence-electron chi connectivity index (χ4n) is 5.14. The van der Waals surface area contributed by atoms with Crippen molar-refractivity contribution in [1.29, 1.82) is 0 Å². The predicted octanol–water partition coefficient (Wildman–Crippen LogP) is 5.80. The number of nitrogens with one attached hydrogen (secondary N) is 4. The second kappa shape index (κ2) is 15.5. The summed E-state index contributed by atoms with van der Waals surface area (Å²) in [5.41, 5.74) is 3.26. The minimum Gasteiger partial charge on any atom is -0.489 e. The van der Waals surface area contributed by atoms with E-state index < -0.39 is 15.1 Å². The molecule has 1 aromatic heterocycles. The van der Waals surface area contributed by atoms with Crippen LogP contribution in [0.2, 0.25) is 0 Å². The standard InChI is InChI=1S/C33H43IN6O5S/c1-19(2)45-29-16-24(22-11-13-23(14-12-22)37-21(5)18-41)25(32(42)35-6)15-28(29)39-33-36-17-26(34)31(40-33)38-27-9-7-8-10-30(27)46(43,44)20(3)4/h7-11,15-17,19-21,23,37,41H,12-14,18H2,1-6H3,(H,35,42)(H2,36,38,39,40)/t21-,23?/m1/s1. The fraction of sp³-hybridized carbons (Fsp3) is 0.424. The van der Waals surface area contributed by atoms with Gasteiger partial charge in [-0.05, 0) is 112 Å². The number of sulfone groups is 1. The maximum atomic E-state index is 13.2. The Labute approximate surface area is 285 Å². The number of ether oxygens (including phenoxy) is 1. The van der Waals surface area contributed by atoms with Crippen molar-refractivity contribution in [3.05, 3.63) is 63.4 Å². The summed E-state index contributed by atoms with van der Waals surface area (Å²) < 4.78 is 33.0. The summed E-state index contributed by atoms with van der Waals surface area (Å²) in [6.07, 6.45) is 6.04. The average Bonchev–Trinajstić information content (AvgIpc) is 3.03. The van der Waals surface area contributed by atoms with Crippen LogP contribution in [0.1, 0.15) is 69.8 Å². The van der Waals surface area contributed by atoms with Crippen molar-refractivity contribution in [2.24, 2.45) is 0 Å². The molecule has 2 aromatic carbocycles. The minimum absolute atomic E-state index is 0.0137. The molecule has 1 aliphatic carbocycles. The molecule has 1 heterocycles. The molecule has 1 unspecified atom stereocenters. The van der Waals surface area contributed by atoms with E-state index in [4.69, 9.17) is 4.74 Å². The third-order valence-corrected chi connectivity index (χ3v) is 10.6. The molecule has 46 heavy (non-hydrogen) atoms. The molecule has 248 valence electrons. The summed E-state index contributed by atoms with van der Waals surface area (Å²) in [5.74, 6) is 0.959. The molecule has 1 amide bonds. The highest BCUT2D eigenvalue weighted by Crippen LogP contribution is 2.38. The number of anilines is 4. The van der Waals surface area contributed by atoms with E-state index in [-0.39, 0.29) is 41.5 Å². The number of aliphatic hydroxyl groups excluding tert-OH is 1. The van der Waals surface area contributed by atoms with E-state index in [0.717, 1.165) is 30.4 Å². The monoisotopic (exact) mass is 762 g/mol. The topological polar surface area (TPSA) is 155 Å². The van der Waals surface area contributed by atoms with Crippen LogP contribution >= 0.6 is 22.6 Å². The smallest absolute Gasteiger partial charge is 0.251 e. The van der Waals surface area contributed by atoms with E-state index in [0.29, 0.717) is 32.1 Å². The van der Waals surface area contributed by atoms with E-state index >= 15 is 0 Å². The second-order valence-corrected chi connectivity index (χ2v) is 15.5. The molecule has 0 saturated heterocycles. The van der Waals surface area contributed by atoms with Crippen molar-refractivity contribution in [3.63, 3.8) is 0 Å². The minimum atomic E-state index is -3.55. The van der Waals surface area contributed by atoms with Crippen molar-refractivity contribution in [1.82, 2.24) is 20.6 Å². The lowest BCUT2D eigenvalue weighted by Crippen LogP contribution is -2.39. The number of halogens is 1. The lowest BCUT2D eigenvalue weighted by Gasteiger charge is -2.27. The molecule has 0 bridgehead atoms. The van der Waals surface area contributed by atoms with E-state index in [1.807, 2.05) is 26.8 Å². The normalized spacial score (nSPS) is 15.8. The van der Waals surface area contributed by atoms with Crippen LogP contribution in [0.5, 0.6) is 5.75 Å². The zero-order chi connectivity index (χ0) is 33.6. The number of para-hydroxylation sites is 1. The SMILES string of the molecule is CNC(=O)c1cc(Nc2ncc(I)c(Nc3ccccc3S(=O)(=O)C(C)C)n2)c(OC(C)C)cc1C1=CCC(N[C@H](C)CO)CC1. The van der Waals surface area contributed by atoms with Gasteiger partial charge in [0.15, 0.2) is 9.84 Å². The van der Waals surface area contributed by atoms with Gasteiger partial charge in [0.25, 0.3) is 5.91 Å². The summed E-state index contributed by atoms with van der Waals surface area (Å²) in [5, 5.41) is 21.5. The molecule has 5 N–H and O–H groups in total. The Hall–Kier alpha value is -3.27. The Morgan fingerprint density at radius 3 is 2.48 bits per heavy atom. The Morgan fingerprint density at radius 1 is 1.11 bits per heavy atom. The Bertz CT molecular complexity index is 1700. The van der Waals surface area contributed by atoms with E-state index in [2.05, 4.69) is 59.9 Å². The van der Waals surface area contributed by atoms with Gasteiger partial charge in [0.05, 0.1) is 37.8 Å². The van der Waals surface area contributed by atoms with Crippen LogP contribution in [0.15, 0.2) is 53.6 Å². The van der Waals surface area contributed by atoms with Crippen LogP contribution in [0.25, 0.3) is 5.57 Å². The number of carbonyl (C=O) groups is 1. The molecule has 0 radical (unpaired) electrons. The van der Waals surface area contributed by atoms with Crippen LogP contribution < -0.4 is 26.0 Å². The number of benzene rings is 2. The third-order valence-electron chi connectivity index (χ3n) is 7.56. The number of carbonyl (C=O) groups excluding carboxylic acids is 1. The third kappa shape index (κ3) is 8.55. The number of amides is 1. The number of hydrogen-bond donors (Lipinski definition) is 5. The van der Waals surface area contributed by atoms with E-state index in [1.165, 1.54) is 0 Å². The first-order chi connectivity index (χ1) is 21.8. The highest BCUT2D eigenvalue weighted by molar-refractivity contribution is 14.1. The molecule has 2 atom stereocenters. The van der Waals surface area contributed by atoms with Crippen LogP contribution in [0.3, 0.4) is 0 Å². The van der Waals surface area contributed by atoms with Crippen LogP contribution in [0.4, 0.5) is 23.1 Å². The zero-order valence-corrected chi connectivity index (χ0v) is 30.0. The first-order valence-corrected chi connectivity index (χ1v) is 18.0. The molecule has 0 spiro atoms. The van der Waals surface area contributed by atoms with Gasteiger partial charge >= 0.3 is 0 Å². The molecule has 4 rings (SSSR count). The van der Waals surface area contributed by atoms with Crippen molar-refractivity contribution in [2.75, 3.05) is 24.3 Å². The highest BCUT2D eigenvalue weighted by atomic mass is 127. The van der Waals surface area contributed by atoms with Gasteiger partial charge in [-0.25, -0.2) is 13.4 Å². The lowest BCUT2D eigenvalue weighted by atomic mass is 9.87. The molecular formula is C33H43IN6O5S. The summed E-state index contributed by atoms with van der Waals surface area (Å²) in [4.78, 5) is 22.5. The summed E-state index contributed by atoms with van der Waals surface area (Å²) in [6.45, 7) is 9.19. The summed E-state index contributed by atoms with van der Waals surface area (Å²) in [7, 11) is -1.95. The van der Waals surface area contributed by atoms with Crippen LogP contribution in [-0.2, 0) is 9.84 Å². The molecule has 0 fully saturated rings. The van der Waals surface area contributed by atoms with Gasteiger partial charge in [0.1, 0.15) is 11.6 Å². The number of aromatic nitrogens is 2. The number of hydrogen-bond acceptors (Lipinski definition) is 10. The van der Waals surface area contributed by atoms with Crippen molar-refractivity contribution in [2.45, 2.75) is 82.2 Å². The molecule has 0 aliphatic heterocycles. The van der Waals surface area contributed by atoms with Crippen molar-refractivity contribution in [3.8, 4) is 5.75 Å².